The summed E-state index contributed by atoms with van der Waals surface area (Å²) in [4.78, 5) is 13.4. The molecule has 1 atom stereocenters. The van der Waals surface area contributed by atoms with Gasteiger partial charge in [-0.15, -0.1) is 0 Å². The van der Waals surface area contributed by atoms with E-state index in [9.17, 15) is 0 Å². The van der Waals surface area contributed by atoms with Crippen molar-refractivity contribution < 1.29 is 9.47 Å². The highest BCUT2D eigenvalue weighted by atomic mass is 16.5. The second kappa shape index (κ2) is 6.97. The Balaban J connectivity index is 1.60. The predicted molar refractivity (Wildman–Crippen MR) is 75.9 cm³/mol. The van der Waals surface area contributed by atoms with Crippen LogP contribution < -0.4 is 4.90 Å². The second-order valence-corrected chi connectivity index (χ2v) is 5.25. The molecule has 0 radical (unpaired) electrons. The minimum absolute atomic E-state index is 0.222. The summed E-state index contributed by atoms with van der Waals surface area (Å²) in [5.41, 5.74) is 0. The highest BCUT2D eigenvalue weighted by Crippen LogP contribution is 2.13. The fourth-order valence-electron chi connectivity index (χ4n) is 2.71. The van der Waals surface area contributed by atoms with Crippen LogP contribution in [0.2, 0.25) is 0 Å². The van der Waals surface area contributed by atoms with Crippen molar-refractivity contribution in [3.05, 3.63) is 18.5 Å². The second-order valence-electron chi connectivity index (χ2n) is 5.25. The Labute approximate surface area is 119 Å². The maximum atomic E-state index is 5.98. The fraction of sp³-hybridized carbons (Fsp3) is 0.714. The van der Waals surface area contributed by atoms with Crippen molar-refractivity contribution >= 4 is 5.95 Å². The van der Waals surface area contributed by atoms with Gasteiger partial charge in [0.15, 0.2) is 0 Å². The van der Waals surface area contributed by atoms with Crippen LogP contribution in [0.4, 0.5) is 5.95 Å². The minimum atomic E-state index is 0.222. The number of anilines is 1. The van der Waals surface area contributed by atoms with E-state index in [-0.39, 0.29) is 6.10 Å². The van der Waals surface area contributed by atoms with Gasteiger partial charge in [-0.3, -0.25) is 4.90 Å². The first-order valence-electron chi connectivity index (χ1n) is 7.35. The summed E-state index contributed by atoms with van der Waals surface area (Å²) >= 11 is 0. The number of aromatic nitrogens is 2. The summed E-state index contributed by atoms with van der Waals surface area (Å²) in [5, 5.41) is 0. The highest BCUT2D eigenvalue weighted by Gasteiger charge is 2.23. The SMILES string of the molecule is c1cnc(N2CCCO[C@H](CN3CCOCC3)C2)nc1. The number of hydrogen-bond donors (Lipinski definition) is 0. The highest BCUT2D eigenvalue weighted by molar-refractivity contribution is 5.28. The van der Waals surface area contributed by atoms with Gasteiger partial charge in [0.25, 0.3) is 0 Å². The zero-order chi connectivity index (χ0) is 13.6. The molecule has 6 nitrogen and oxygen atoms in total. The number of morpholine rings is 1. The molecule has 3 heterocycles. The van der Waals surface area contributed by atoms with Crippen molar-refractivity contribution in [2.45, 2.75) is 12.5 Å². The normalized spacial score (nSPS) is 25.4. The summed E-state index contributed by atoms with van der Waals surface area (Å²) in [6, 6.07) is 1.85. The third kappa shape index (κ3) is 3.65. The summed E-state index contributed by atoms with van der Waals surface area (Å²) in [6.45, 7) is 7.27. The van der Waals surface area contributed by atoms with Gasteiger partial charge >= 0.3 is 0 Å². The maximum absolute atomic E-state index is 5.98. The van der Waals surface area contributed by atoms with Crippen molar-refractivity contribution in [1.29, 1.82) is 0 Å². The topological polar surface area (TPSA) is 50.7 Å². The molecule has 110 valence electrons. The third-order valence-electron chi connectivity index (χ3n) is 3.75. The van der Waals surface area contributed by atoms with Crippen molar-refractivity contribution in [1.82, 2.24) is 14.9 Å². The third-order valence-corrected chi connectivity index (χ3v) is 3.75. The van der Waals surface area contributed by atoms with Crippen LogP contribution in [0.3, 0.4) is 0 Å². The first-order chi connectivity index (χ1) is 9.92. The molecular formula is C14H22N4O2. The van der Waals surface area contributed by atoms with Crippen LogP contribution in [-0.2, 0) is 9.47 Å². The summed E-state index contributed by atoms with van der Waals surface area (Å²) in [5.74, 6) is 0.810. The largest absolute Gasteiger partial charge is 0.379 e. The molecule has 2 fully saturated rings. The van der Waals surface area contributed by atoms with Gasteiger partial charge in [-0.05, 0) is 12.5 Å². The lowest BCUT2D eigenvalue weighted by Crippen LogP contribution is -2.45. The number of nitrogens with zero attached hydrogens (tertiary/aromatic N) is 4. The molecule has 0 amide bonds. The van der Waals surface area contributed by atoms with E-state index >= 15 is 0 Å². The molecule has 6 heteroatoms. The van der Waals surface area contributed by atoms with Gasteiger partial charge < -0.3 is 14.4 Å². The zero-order valence-electron chi connectivity index (χ0n) is 11.8. The zero-order valence-corrected chi connectivity index (χ0v) is 11.8. The molecule has 3 rings (SSSR count). The Morgan fingerprint density at radius 1 is 1.10 bits per heavy atom. The molecule has 0 aromatic carbocycles. The first-order valence-corrected chi connectivity index (χ1v) is 7.35. The van der Waals surface area contributed by atoms with E-state index in [0.717, 1.165) is 64.9 Å². The van der Waals surface area contributed by atoms with Crippen LogP contribution in [0.15, 0.2) is 18.5 Å². The molecule has 0 N–H and O–H groups in total. The molecule has 0 saturated carbocycles. The van der Waals surface area contributed by atoms with Gasteiger partial charge in [-0.25, -0.2) is 9.97 Å². The van der Waals surface area contributed by atoms with Crippen LogP contribution in [0.1, 0.15) is 6.42 Å². The molecule has 0 aliphatic carbocycles. The lowest BCUT2D eigenvalue weighted by atomic mass is 10.3. The lowest BCUT2D eigenvalue weighted by Gasteiger charge is -2.31. The Bertz CT molecular complexity index is 397. The minimum Gasteiger partial charge on any atom is -0.379 e. The monoisotopic (exact) mass is 278 g/mol. The fourth-order valence-corrected chi connectivity index (χ4v) is 2.71. The van der Waals surface area contributed by atoms with Crippen molar-refractivity contribution in [3.63, 3.8) is 0 Å². The smallest absolute Gasteiger partial charge is 0.225 e. The Morgan fingerprint density at radius 3 is 2.70 bits per heavy atom. The van der Waals surface area contributed by atoms with Crippen molar-refractivity contribution in [3.8, 4) is 0 Å². The molecule has 0 spiro atoms. The van der Waals surface area contributed by atoms with Gasteiger partial charge in [0.2, 0.25) is 5.95 Å². The molecule has 0 bridgehead atoms. The molecule has 2 aliphatic rings. The number of rotatable bonds is 3. The molecule has 2 saturated heterocycles. The van der Waals surface area contributed by atoms with Gasteiger partial charge in [0.1, 0.15) is 0 Å². The van der Waals surface area contributed by atoms with E-state index in [4.69, 9.17) is 9.47 Å². The molecule has 1 aromatic heterocycles. The number of ether oxygens (including phenoxy) is 2. The van der Waals surface area contributed by atoms with E-state index < -0.39 is 0 Å². The standard InChI is InChI=1S/C14H22N4O2/c1-3-15-14(16-4-1)18-5-2-8-20-13(12-18)11-17-6-9-19-10-7-17/h1,3-4,13H,2,5-12H2/t13-/m1/s1. The molecular weight excluding hydrogens is 256 g/mol. The van der Waals surface area contributed by atoms with E-state index in [1.54, 1.807) is 12.4 Å². The van der Waals surface area contributed by atoms with Crippen molar-refractivity contribution in [2.75, 3.05) is 57.4 Å². The van der Waals surface area contributed by atoms with Crippen LogP contribution in [-0.4, -0.2) is 73.5 Å². The van der Waals surface area contributed by atoms with Crippen LogP contribution in [0.25, 0.3) is 0 Å². The summed E-state index contributed by atoms with van der Waals surface area (Å²) < 4.78 is 11.4. The molecule has 1 aromatic rings. The first kappa shape index (κ1) is 13.7. The summed E-state index contributed by atoms with van der Waals surface area (Å²) in [6.07, 6.45) is 4.84. The quantitative estimate of drug-likeness (QED) is 0.798. The van der Waals surface area contributed by atoms with E-state index in [0.29, 0.717) is 0 Å². The lowest BCUT2D eigenvalue weighted by molar-refractivity contribution is -0.00511. The average Bonchev–Trinajstić information content (AvgIpc) is 2.75. The Hall–Kier alpha value is -1.24. The van der Waals surface area contributed by atoms with Crippen molar-refractivity contribution in [2.24, 2.45) is 0 Å². The molecule has 0 unspecified atom stereocenters. The van der Waals surface area contributed by atoms with Gasteiger partial charge in [-0.1, -0.05) is 0 Å². The van der Waals surface area contributed by atoms with Crippen LogP contribution in [0.5, 0.6) is 0 Å². The Morgan fingerprint density at radius 2 is 1.90 bits per heavy atom. The van der Waals surface area contributed by atoms with E-state index in [1.807, 2.05) is 6.07 Å². The van der Waals surface area contributed by atoms with Crippen LogP contribution >= 0.6 is 0 Å². The number of hydrogen-bond acceptors (Lipinski definition) is 6. The van der Waals surface area contributed by atoms with Gasteiger partial charge in [0, 0.05) is 51.7 Å². The molecule has 20 heavy (non-hydrogen) atoms. The average molecular weight is 278 g/mol. The predicted octanol–water partition coefficient (Wildman–Crippen LogP) is 0.404. The van der Waals surface area contributed by atoms with Gasteiger partial charge in [0.05, 0.1) is 19.3 Å². The molecule has 2 aliphatic heterocycles. The summed E-state index contributed by atoms with van der Waals surface area (Å²) in [7, 11) is 0. The maximum Gasteiger partial charge on any atom is 0.225 e. The van der Waals surface area contributed by atoms with Gasteiger partial charge in [-0.2, -0.15) is 0 Å². The van der Waals surface area contributed by atoms with Crippen LogP contribution in [0, 0.1) is 0 Å². The Kier molecular flexibility index (Phi) is 4.78. The van der Waals surface area contributed by atoms with E-state index in [2.05, 4.69) is 19.8 Å². The van der Waals surface area contributed by atoms with E-state index in [1.165, 1.54) is 0 Å².